The Hall–Kier alpha value is -1.88. The summed E-state index contributed by atoms with van der Waals surface area (Å²) in [6.07, 6.45) is 0.612. The monoisotopic (exact) mass is 291 g/mol. The van der Waals surface area contributed by atoms with Crippen LogP contribution in [-0.4, -0.2) is 15.0 Å². The van der Waals surface area contributed by atoms with Crippen molar-refractivity contribution in [2.45, 2.75) is 18.2 Å². The fourth-order valence-electron chi connectivity index (χ4n) is 2.41. The van der Waals surface area contributed by atoms with E-state index >= 15 is 0 Å². The van der Waals surface area contributed by atoms with Crippen molar-refractivity contribution in [2.24, 2.45) is 0 Å². The van der Waals surface area contributed by atoms with Crippen LogP contribution in [0.5, 0.6) is 0 Å². The third kappa shape index (κ3) is 2.08. The summed E-state index contributed by atoms with van der Waals surface area (Å²) in [5, 5.41) is 0. The molecule has 1 heterocycles. The highest BCUT2D eigenvalue weighted by molar-refractivity contribution is 7.92. The highest BCUT2D eigenvalue weighted by atomic mass is 32.2. The smallest absolute Gasteiger partial charge is 0.264 e. The van der Waals surface area contributed by atoms with Gasteiger partial charge in [-0.1, -0.05) is 23.8 Å². The molecule has 20 heavy (non-hydrogen) atoms. The van der Waals surface area contributed by atoms with Gasteiger partial charge in [-0.2, -0.15) is 0 Å². The number of rotatable bonds is 2. The molecule has 0 amide bonds. The lowest BCUT2D eigenvalue weighted by Crippen LogP contribution is -2.29. The van der Waals surface area contributed by atoms with Crippen LogP contribution in [0.3, 0.4) is 0 Å². The van der Waals surface area contributed by atoms with E-state index in [1.165, 1.54) is 16.4 Å². The maximum Gasteiger partial charge on any atom is 0.264 e. The van der Waals surface area contributed by atoms with Gasteiger partial charge in [0.15, 0.2) is 0 Å². The number of nitrogens with zero attached hydrogens (tertiary/aromatic N) is 1. The van der Waals surface area contributed by atoms with Gasteiger partial charge in [-0.3, -0.25) is 4.31 Å². The summed E-state index contributed by atoms with van der Waals surface area (Å²) < 4.78 is 39.9. The van der Waals surface area contributed by atoms with Crippen LogP contribution in [0.25, 0.3) is 0 Å². The van der Waals surface area contributed by atoms with Crippen LogP contribution in [0.2, 0.25) is 0 Å². The van der Waals surface area contributed by atoms with Crippen LogP contribution in [0.15, 0.2) is 47.4 Å². The van der Waals surface area contributed by atoms with Crippen molar-refractivity contribution in [2.75, 3.05) is 10.8 Å². The fourth-order valence-corrected chi connectivity index (χ4v) is 3.91. The Labute approximate surface area is 117 Å². The highest BCUT2D eigenvalue weighted by Crippen LogP contribution is 2.33. The molecule has 3 rings (SSSR count). The Bertz CT molecular complexity index is 754. The first-order chi connectivity index (χ1) is 9.48. The van der Waals surface area contributed by atoms with E-state index in [1.54, 1.807) is 30.3 Å². The second kappa shape index (κ2) is 4.59. The van der Waals surface area contributed by atoms with Crippen molar-refractivity contribution in [3.63, 3.8) is 0 Å². The maximum atomic E-state index is 13.4. The van der Waals surface area contributed by atoms with Crippen LogP contribution >= 0.6 is 0 Å². The highest BCUT2D eigenvalue weighted by Gasteiger charge is 2.30. The van der Waals surface area contributed by atoms with Gasteiger partial charge in [-0.05, 0) is 43.2 Å². The second-order valence-corrected chi connectivity index (χ2v) is 6.78. The first-order valence-electron chi connectivity index (χ1n) is 6.36. The van der Waals surface area contributed by atoms with Crippen molar-refractivity contribution in [3.05, 3.63) is 59.4 Å². The number of halogens is 1. The molecule has 2 aromatic rings. The number of anilines is 1. The molecule has 0 saturated carbocycles. The third-order valence-electron chi connectivity index (χ3n) is 3.51. The zero-order chi connectivity index (χ0) is 14.3. The standard InChI is InChI=1S/C15H14FNO2S/c1-11-2-6-14(7-3-11)20(18,19)17-9-8-12-4-5-13(16)10-15(12)17/h2-7,10H,8-9H2,1H3. The quantitative estimate of drug-likeness (QED) is 0.853. The molecule has 104 valence electrons. The summed E-state index contributed by atoms with van der Waals surface area (Å²) in [6.45, 7) is 2.26. The topological polar surface area (TPSA) is 37.4 Å². The van der Waals surface area contributed by atoms with Crippen LogP contribution in [-0.2, 0) is 16.4 Å². The lowest BCUT2D eigenvalue weighted by atomic mass is 10.2. The van der Waals surface area contributed by atoms with Gasteiger partial charge >= 0.3 is 0 Å². The third-order valence-corrected chi connectivity index (χ3v) is 5.34. The van der Waals surface area contributed by atoms with E-state index in [1.807, 2.05) is 6.92 Å². The Morgan fingerprint density at radius 1 is 1.10 bits per heavy atom. The summed E-state index contributed by atoms with van der Waals surface area (Å²) in [6, 6.07) is 11.0. The van der Waals surface area contributed by atoms with E-state index in [-0.39, 0.29) is 4.90 Å². The summed E-state index contributed by atoms with van der Waals surface area (Å²) in [7, 11) is -3.62. The Balaban J connectivity index is 2.07. The number of benzene rings is 2. The van der Waals surface area contributed by atoms with Crippen LogP contribution in [0, 0.1) is 12.7 Å². The zero-order valence-corrected chi connectivity index (χ0v) is 11.8. The first kappa shape index (κ1) is 13.1. The molecule has 1 aliphatic heterocycles. The molecule has 1 aliphatic rings. The molecule has 0 bridgehead atoms. The van der Waals surface area contributed by atoms with E-state index in [9.17, 15) is 12.8 Å². The summed E-state index contributed by atoms with van der Waals surface area (Å²) in [5.74, 6) is -0.422. The molecular formula is C15H14FNO2S. The van der Waals surface area contributed by atoms with E-state index < -0.39 is 15.8 Å². The van der Waals surface area contributed by atoms with Gasteiger partial charge in [0.2, 0.25) is 0 Å². The first-order valence-corrected chi connectivity index (χ1v) is 7.80. The van der Waals surface area contributed by atoms with Crippen molar-refractivity contribution >= 4 is 15.7 Å². The van der Waals surface area contributed by atoms with Gasteiger partial charge in [0, 0.05) is 6.54 Å². The van der Waals surface area contributed by atoms with Crippen molar-refractivity contribution in [3.8, 4) is 0 Å². The molecule has 0 aliphatic carbocycles. The van der Waals surface area contributed by atoms with Gasteiger partial charge in [0.1, 0.15) is 5.82 Å². The van der Waals surface area contributed by atoms with Crippen molar-refractivity contribution in [1.29, 1.82) is 0 Å². The molecule has 0 unspecified atom stereocenters. The van der Waals surface area contributed by atoms with E-state index in [0.717, 1.165) is 11.1 Å². The predicted molar refractivity (Wildman–Crippen MR) is 75.8 cm³/mol. The number of fused-ring (bicyclic) bond motifs is 1. The van der Waals surface area contributed by atoms with E-state index in [0.29, 0.717) is 18.7 Å². The largest absolute Gasteiger partial charge is 0.266 e. The van der Waals surface area contributed by atoms with E-state index in [4.69, 9.17) is 0 Å². The van der Waals surface area contributed by atoms with E-state index in [2.05, 4.69) is 0 Å². The Kier molecular flexibility index (Phi) is 3.01. The van der Waals surface area contributed by atoms with Gasteiger partial charge < -0.3 is 0 Å². The minimum atomic E-state index is -3.62. The maximum absolute atomic E-state index is 13.4. The predicted octanol–water partition coefficient (Wildman–Crippen LogP) is 2.89. The number of aryl methyl sites for hydroxylation is 1. The molecule has 0 fully saturated rings. The minimum Gasteiger partial charge on any atom is -0.266 e. The SMILES string of the molecule is Cc1ccc(S(=O)(=O)N2CCc3ccc(F)cc32)cc1. The molecule has 0 spiro atoms. The lowest BCUT2D eigenvalue weighted by Gasteiger charge is -2.19. The van der Waals surface area contributed by atoms with Crippen molar-refractivity contribution in [1.82, 2.24) is 0 Å². The van der Waals surface area contributed by atoms with Gasteiger partial charge in [-0.25, -0.2) is 12.8 Å². The van der Waals surface area contributed by atoms with Crippen molar-refractivity contribution < 1.29 is 12.8 Å². The lowest BCUT2D eigenvalue weighted by molar-refractivity contribution is 0.592. The van der Waals surface area contributed by atoms with Crippen LogP contribution < -0.4 is 4.31 Å². The number of sulfonamides is 1. The molecule has 0 radical (unpaired) electrons. The van der Waals surface area contributed by atoms with Crippen LogP contribution in [0.4, 0.5) is 10.1 Å². The number of hydrogen-bond acceptors (Lipinski definition) is 2. The Morgan fingerprint density at radius 2 is 1.80 bits per heavy atom. The normalized spacial score (nSPS) is 14.4. The van der Waals surface area contributed by atoms with Gasteiger partial charge in [0.25, 0.3) is 10.0 Å². The van der Waals surface area contributed by atoms with Crippen LogP contribution in [0.1, 0.15) is 11.1 Å². The zero-order valence-electron chi connectivity index (χ0n) is 11.0. The molecule has 5 heteroatoms. The minimum absolute atomic E-state index is 0.236. The molecule has 0 aromatic heterocycles. The summed E-state index contributed by atoms with van der Waals surface area (Å²) >= 11 is 0. The molecule has 2 aromatic carbocycles. The molecule has 0 saturated heterocycles. The molecule has 3 nitrogen and oxygen atoms in total. The fraction of sp³-hybridized carbons (Fsp3) is 0.200. The van der Waals surface area contributed by atoms with Gasteiger partial charge in [-0.15, -0.1) is 0 Å². The number of hydrogen-bond donors (Lipinski definition) is 0. The summed E-state index contributed by atoms with van der Waals surface area (Å²) in [4.78, 5) is 0.236. The summed E-state index contributed by atoms with van der Waals surface area (Å²) in [5.41, 5.74) is 2.31. The average molecular weight is 291 g/mol. The molecule has 0 atom stereocenters. The Morgan fingerprint density at radius 3 is 2.50 bits per heavy atom. The average Bonchev–Trinajstić information content (AvgIpc) is 2.82. The van der Waals surface area contributed by atoms with Gasteiger partial charge in [0.05, 0.1) is 10.6 Å². The second-order valence-electron chi connectivity index (χ2n) is 4.91. The molecule has 0 N–H and O–H groups in total. The molecular weight excluding hydrogens is 277 g/mol.